The van der Waals surface area contributed by atoms with Crippen LogP contribution in [0.2, 0.25) is 0 Å². The second-order valence-electron chi connectivity index (χ2n) is 5.28. The first-order valence-electron chi connectivity index (χ1n) is 6.42. The minimum Gasteiger partial charge on any atom is -0.336 e. The Morgan fingerprint density at radius 3 is 2.71 bits per heavy atom. The van der Waals surface area contributed by atoms with E-state index in [1.54, 1.807) is 18.3 Å². The Labute approximate surface area is 122 Å². The second-order valence-corrected chi connectivity index (χ2v) is 6.25. The van der Waals surface area contributed by atoms with Gasteiger partial charge in [-0.05, 0) is 37.8 Å². The molecule has 0 aliphatic heterocycles. The number of alkyl halides is 3. The summed E-state index contributed by atoms with van der Waals surface area (Å²) in [6, 6.07) is 3.33. The summed E-state index contributed by atoms with van der Waals surface area (Å²) in [7, 11) is 0. The molecule has 21 heavy (non-hydrogen) atoms. The zero-order valence-electron chi connectivity index (χ0n) is 11.1. The van der Waals surface area contributed by atoms with Gasteiger partial charge in [0, 0.05) is 6.20 Å². The third-order valence-electron chi connectivity index (χ3n) is 3.72. The van der Waals surface area contributed by atoms with Gasteiger partial charge in [-0.2, -0.15) is 13.2 Å². The predicted octanol–water partition coefficient (Wildman–Crippen LogP) is 3.15. The molecular formula is C13H12F3N3OS. The molecule has 0 saturated heterocycles. The zero-order chi connectivity index (χ0) is 15.3. The van der Waals surface area contributed by atoms with E-state index in [1.807, 2.05) is 0 Å². The summed E-state index contributed by atoms with van der Waals surface area (Å²) in [4.78, 5) is 20.7. The van der Waals surface area contributed by atoms with Crippen LogP contribution in [0.15, 0.2) is 18.3 Å². The van der Waals surface area contributed by atoms with E-state index in [4.69, 9.17) is 0 Å². The number of fused-ring (bicyclic) bond motifs is 1. The van der Waals surface area contributed by atoms with Gasteiger partial charge < -0.3 is 5.32 Å². The highest BCUT2D eigenvalue weighted by Crippen LogP contribution is 2.48. The Hall–Kier alpha value is -1.70. The summed E-state index contributed by atoms with van der Waals surface area (Å²) < 4.78 is 39.7. The van der Waals surface area contributed by atoms with Crippen LogP contribution in [0.25, 0.3) is 10.3 Å². The molecule has 1 fully saturated rings. The molecule has 2 aromatic heterocycles. The maximum absolute atomic E-state index is 13.2. The number of nitrogens with zero attached hydrogens (tertiary/aromatic N) is 2. The number of pyridine rings is 1. The summed E-state index contributed by atoms with van der Waals surface area (Å²) in [5, 5.41) is 2.13. The van der Waals surface area contributed by atoms with E-state index in [0.29, 0.717) is 23.2 Å². The fourth-order valence-electron chi connectivity index (χ4n) is 2.22. The highest BCUT2D eigenvalue weighted by atomic mass is 32.1. The second kappa shape index (κ2) is 4.66. The Balaban J connectivity index is 1.88. The van der Waals surface area contributed by atoms with E-state index in [0.717, 1.165) is 18.3 Å². The van der Waals surface area contributed by atoms with Crippen molar-refractivity contribution in [2.45, 2.75) is 31.5 Å². The number of amides is 1. The lowest BCUT2D eigenvalue weighted by Crippen LogP contribution is -2.58. The minimum atomic E-state index is -4.49. The molecule has 1 aliphatic rings. The molecule has 4 nitrogen and oxygen atoms in total. The SMILES string of the molecule is CC(NC(=O)c1nc2cccnc2s1)(C1CC1)C(F)(F)F. The third-order valence-corrected chi connectivity index (χ3v) is 4.69. The van der Waals surface area contributed by atoms with Gasteiger partial charge in [0.2, 0.25) is 0 Å². The Bertz CT molecular complexity index is 662. The number of aromatic nitrogens is 2. The lowest BCUT2D eigenvalue weighted by Gasteiger charge is -2.32. The zero-order valence-corrected chi connectivity index (χ0v) is 11.9. The molecule has 1 N–H and O–H groups in total. The van der Waals surface area contributed by atoms with Crippen LogP contribution < -0.4 is 5.32 Å². The van der Waals surface area contributed by atoms with Crippen molar-refractivity contribution in [2.24, 2.45) is 5.92 Å². The van der Waals surface area contributed by atoms with Gasteiger partial charge in [0.1, 0.15) is 15.9 Å². The average molecular weight is 315 g/mol. The van der Waals surface area contributed by atoms with Gasteiger partial charge >= 0.3 is 6.18 Å². The minimum absolute atomic E-state index is 0.000162. The summed E-state index contributed by atoms with van der Waals surface area (Å²) in [6.45, 7) is 1.04. The topological polar surface area (TPSA) is 54.9 Å². The Morgan fingerprint density at radius 1 is 1.43 bits per heavy atom. The van der Waals surface area contributed by atoms with Crippen LogP contribution in [-0.2, 0) is 0 Å². The number of rotatable bonds is 3. The van der Waals surface area contributed by atoms with E-state index in [1.165, 1.54) is 0 Å². The summed E-state index contributed by atoms with van der Waals surface area (Å²) >= 11 is 0.987. The molecule has 112 valence electrons. The molecule has 2 aromatic rings. The van der Waals surface area contributed by atoms with E-state index in [9.17, 15) is 18.0 Å². The van der Waals surface area contributed by atoms with Crippen molar-refractivity contribution in [1.82, 2.24) is 15.3 Å². The largest absolute Gasteiger partial charge is 0.411 e. The van der Waals surface area contributed by atoms with E-state index in [2.05, 4.69) is 15.3 Å². The van der Waals surface area contributed by atoms with Crippen LogP contribution in [0.4, 0.5) is 13.2 Å². The van der Waals surface area contributed by atoms with Crippen LogP contribution in [0.1, 0.15) is 29.6 Å². The van der Waals surface area contributed by atoms with Gasteiger partial charge in [-0.3, -0.25) is 4.79 Å². The quantitative estimate of drug-likeness (QED) is 0.946. The van der Waals surface area contributed by atoms with E-state index >= 15 is 0 Å². The normalized spacial score (nSPS) is 18.5. The van der Waals surface area contributed by atoms with Crippen LogP contribution in [-0.4, -0.2) is 27.6 Å². The van der Waals surface area contributed by atoms with Crippen LogP contribution in [0, 0.1) is 5.92 Å². The number of carbonyl (C=O) groups is 1. The first kappa shape index (κ1) is 14.2. The Kier molecular flexibility index (Phi) is 3.16. The highest BCUT2D eigenvalue weighted by Gasteiger charge is 2.60. The van der Waals surface area contributed by atoms with Crippen molar-refractivity contribution in [1.29, 1.82) is 0 Å². The Morgan fingerprint density at radius 2 is 2.14 bits per heavy atom. The summed E-state index contributed by atoms with van der Waals surface area (Å²) in [5.74, 6) is -1.36. The number of hydrogen-bond donors (Lipinski definition) is 1. The predicted molar refractivity (Wildman–Crippen MR) is 72.1 cm³/mol. The van der Waals surface area contributed by atoms with Gasteiger partial charge in [0.15, 0.2) is 5.01 Å². The number of nitrogens with one attached hydrogen (secondary N) is 1. The van der Waals surface area contributed by atoms with Crippen molar-refractivity contribution < 1.29 is 18.0 Å². The molecule has 3 rings (SSSR count). The first-order valence-corrected chi connectivity index (χ1v) is 7.24. The van der Waals surface area contributed by atoms with Crippen molar-refractivity contribution in [2.75, 3.05) is 0 Å². The van der Waals surface area contributed by atoms with Crippen molar-refractivity contribution in [3.05, 3.63) is 23.3 Å². The highest BCUT2D eigenvalue weighted by molar-refractivity contribution is 7.19. The van der Waals surface area contributed by atoms with Crippen molar-refractivity contribution in [3.63, 3.8) is 0 Å². The molecule has 1 unspecified atom stereocenters. The smallest absolute Gasteiger partial charge is 0.336 e. The fraction of sp³-hybridized carbons (Fsp3) is 0.462. The standard InChI is InChI=1S/C13H12F3N3OS/c1-12(7-4-5-7,13(14,15)16)19-9(20)11-18-8-3-2-6-17-10(8)21-11/h2-3,6-7H,4-5H2,1H3,(H,19,20). The number of thiazole rings is 1. The molecule has 1 aliphatic carbocycles. The molecule has 1 amide bonds. The van der Waals surface area contributed by atoms with Crippen molar-refractivity contribution >= 4 is 27.6 Å². The lowest BCUT2D eigenvalue weighted by molar-refractivity contribution is -0.194. The van der Waals surface area contributed by atoms with Crippen molar-refractivity contribution in [3.8, 4) is 0 Å². The van der Waals surface area contributed by atoms with Gasteiger partial charge in [0.25, 0.3) is 5.91 Å². The molecule has 2 heterocycles. The lowest BCUT2D eigenvalue weighted by atomic mass is 9.95. The molecule has 1 atom stereocenters. The molecular weight excluding hydrogens is 303 g/mol. The number of hydrogen-bond acceptors (Lipinski definition) is 4. The average Bonchev–Trinajstić information content (AvgIpc) is 3.16. The molecule has 0 bridgehead atoms. The molecule has 0 aromatic carbocycles. The molecule has 0 radical (unpaired) electrons. The summed E-state index contributed by atoms with van der Waals surface area (Å²) in [5.41, 5.74) is -1.69. The first-order chi connectivity index (χ1) is 9.81. The van der Waals surface area contributed by atoms with Gasteiger partial charge in [-0.15, -0.1) is 0 Å². The van der Waals surface area contributed by atoms with Gasteiger partial charge in [-0.1, -0.05) is 11.3 Å². The van der Waals surface area contributed by atoms with Crippen LogP contribution in [0.5, 0.6) is 0 Å². The third kappa shape index (κ3) is 2.48. The fourth-order valence-corrected chi connectivity index (χ4v) is 3.02. The maximum atomic E-state index is 13.2. The number of halogens is 3. The van der Waals surface area contributed by atoms with Crippen LogP contribution in [0.3, 0.4) is 0 Å². The van der Waals surface area contributed by atoms with Gasteiger partial charge in [0.05, 0.1) is 0 Å². The van der Waals surface area contributed by atoms with Crippen LogP contribution >= 0.6 is 11.3 Å². The maximum Gasteiger partial charge on any atom is 0.411 e. The van der Waals surface area contributed by atoms with E-state index < -0.39 is 23.5 Å². The molecule has 8 heteroatoms. The monoisotopic (exact) mass is 315 g/mol. The van der Waals surface area contributed by atoms with E-state index in [-0.39, 0.29) is 5.01 Å². The molecule has 0 spiro atoms. The summed E-state index contributed by atoms with van der Waals surface area (Å²) in [6.07, 6.45) is -2.00. The molecule has 1 saturated carbocycles. The van der Waals surface area contributed by atoms with Gasteiger partial charge in [-0.25, -0.2) is 9.97 Å². The number of carbonyl (C=O) groups excluding carboxylic acids is 1.